The van der Waals surface area contributed by atoms with E-state index in [0.717, 1.165) is 24.9 Å². The Balaban J connectivity index is 1.78. The molecule has 0 radical (unpaired) electrons. The molecule has 1 aromatic heterocycles. The number of hydrogen-bond donors (Lipinski definition) is 1. The predicted molar refractivity (Wildman–Crippen MR) is 87.3 cm³/mol. The van der Waals surface area contributed by atoms with Crippen molar-refractivity contribution in [2.24, 2.45) is 0 Å². The molecule has 0 bridgehead atoms. The summed E-state index contributed by atoms with van der Waals surface area (Å²) in [5.41, 5.74) is 8.84. The van der Waals surface area contributed by atoms with Crippen molar-refractivity contribution in [3.05, 3.63) is 51.7 Å². The van der Waals surface area contributed by atoms with Gasteiger partial charge in [0.2, 0.25) is 5.91 Å². The maximum absolute atomic E-state index is 12.7. The smallest absolute Gasteiger partial charge is 0.227 e. The van der Waals surface area contributed by atoms with E-state index in [1.54, 1.807) is 0 Å². The zero-order valence-corrected chi connectivity index (χ0v) is 13.0. The van der Waals surface area contributed by atoms with Crippen molar-refractivity contribution < 1.29 is 4.79 Å². The number of fused-ring (bicyclic) bond motifs is 1. The Hall–Kier alpha value is -1.81. The molecule has 1 aliphatic heterocycles. The summed E-state index contributed by atoms with van der Waals surface area (Å²) in [7, 11) is 0. The van der Waals surface area contributed by atoms with Crippen LogP contribution in [0.25, 0.3) is 0 Å². The van der Waals surface area contributed by atoms with E-state index in [4.69, 9.17) is 5.73 Å². The second kappa shape index (κ2) is 5.90. The van der Waals surface area contributed by atoms with Crippen LogP contribution in [0.1, 0.15) is 35.4 Å². The van der Waals surface area contributed by atoms with Crippen LogP contribution in [0.15, 0.2) is 35.7 Å². The van der Waals surface area contributed by atoms with Crippen molar-refractivity contribution in [2.75, 3.05) is 12.3 Å². The summed E-state index contributed by atoms with van der Waals surface area (Å²) in [4.78, 5) is 16.1. The summed E-state index contributed by atoms with van der Waals surface area (Å²) in [6, 6.07) is 10.0. The highest BCUT2D eigenvalue weighted by molar-refractivity contribution is 7.10. The number of hydrogen-bond acceptors (Lipinski definition) is 3. The topological polar surface area (TPSA) is 46.3 Å². The average molecular weight is 300 g/mol. The van der Waals surface area contributed by atoms with Crippen LogP contribution in [0.4, 0.5) is 5.69 Å². The van der Waals surface area contributed by atoms with Gasteiger partial charge in [-0.15, -0.1) is 11.3 Å². The maximum Gasteiger partial charge on any atom is 0.227 e. The minimum absolute atomic E-state index is 0.198. The lowest BCUT2D eigenvalue weighted by atomic mass is 9.97. The summed E-state index contributed by atoms with van der Waals surface area (Å²) in [6.07, 6.45) is 2.37. The quantitative estimate of drug-likeness (QED) is 0.883. The highest BCUT2D eigenvalue weighted by atomic mass is 32.1. The van der Waals surface area contributed by atoms with Crippen LogP contribution in [-0.2, 0) is 17.6 Å². The maximum atomic E-state index is 12.7. The molecular formula is C17H20N2OS. The van der Waals surface area contributed by atoms with Gasteiger partial charge in [-0.2, -0.15) is 0 Å². The standard InChI is InChI=1S/C17H20N2OS/c1-2-15-14-7-9-21-16(14)6-8-19(15)17(20)11-12-4-3-5-13(18)10-12/h3-5,7,9-10,15H,2,6,8,11,18H2,1H3. The third-order valence-corrected chi connectivity index (χ3v) is 5.10. The Morgan fingerprint density at radius 2 is 2.29 bits per heavy atom. The zero-order chi connectivity index (χ0) is 14.8. The van der Waals surface area contributed by atoms with E-state index in [1.165, 1.54) is 10.4 Å². The van der Waals surface area contributed by atoms with Crippen LogP contribution in [0.3, 0.4) is 0 Å². The molecule has 110 valence electrons. The monoisotopic (exact) mass is 300 g/mol. The van der Waals surface area contributed by atoms with Gasteiger partial charge in [-0.3, -0.25) is 4.79 Å². The number of amides is 1. The van der Waals surface area contributed by atoms with Gasteiger partial charge in [-0.05, 0) is 47.5 Å². The lowest BCUT2D eigenvalue weighted by Crippen LogP contribution is -2.40. The number of carbonyl (C=O) groups is 1. The van der Waals surface area contributed by atoms with Crippen LogP contribution >= 0.6 is 11.3 Å². The van der Waals surface area contributed by atoms with Gasteiger partial charge >= 0.3 is 0 Å². The summed E-state index contributed by atoms with van der Waals surface area (Å²) < 4.78 is 0. The van der Waals surface area contributed by atoms with Crippen molar-refractivity contribution in [1.29, 1.82) is 0 Å². The molecule has 0 spiro atoms. The zero-order valence-electron chi connectivity index (χ0n) is 12.2. The average Bonchev–Trinajstić information content (AvgIpc) is 2.94. The number of carbonyl (C=O) groups excluding carboxylic acids is 1. The van der Waals surface area contributed by atoms with Crippen LogP contribution in [0, 0.1) is 0 Å². The van der Waals surface area contributed by atoms with E-state index in [9.17, 15) is 4.79 Å². The summed E-state index contributed by atoms with van der Waals surface area (Å²) in [6.45, 7) is 2.98. The van der Waals surface area contributed by atoms with Gasteiger partial charge in [-0.25, -0.2) is 0 Å². The molecule has 1 aromatic carbocycles. The lowest BCUT2D eigenvalue weighted by Gasteiger charge is -2.35. The van der Waals surface area contributed by atoms with Crippen molar-refractivity contribution in [2.45, 2.75) is 32.2 Å². The highest BCUT2D eigenvalue weighted by Gasteiger charge is 2.30. The van der Waals surface area contributed by atoms with E-state index in [0.29, 0.717) is 12.1 Å². The number of thiophene rings is 1. The third-order valence-electron chi connectivity index (χ3n) is 4.11. The van der Waals surface area contributed by atoms with E-state index in [-0.39, 0.29) is 11.9 Å². The molecule has 4 heteroatoms. The van der Waals surface area contributed by atoms with Crippen LogP contribution in [0.2, 0.25) is 0 Å². The van der Waals surface area contributed by atoms with Crippen LogP contribution in [-0.4, -0.2) is 17.4 Å². The fraction of sp³-hybridized carbons (Fsp3) is 0.353. The summed E-state index contributed by atoms with van der Waals surface area (Å²) in [5, 5.41) is 2.14. The van der Waals surface area contributed by atoms with Crippen molar-refractivity contribution in [3.63, 3.8) is 0 Å². The minimum atomic E-state index is 0.198. The van der Waals surface area contributed by atoms with Crippen LogP contribution in [0.5, 0.6) is 0 Å². The molecule has 2 aromatic rings. The number of nitrogens with zero attached hydrogens (tertiary/aromatic N) is 1. The van der Waals surface area contributed by atoms with Gasteiger partial charge in [0.15, 0.2) is 0 Å². The molecule has 0 aliphatic carbocycles. The van der Waals surface area contributed by atoms with E-state index in [1.807, 2.05) is 40.5 Å². The minimum Gasteiger partial charge on any atom is -0.399 e. The van der Waals surface area contributed by atoms with Gasteiger partial charge in [0.25, 0.3) is 0 Å². The Labute approximate surface area is 129 Å². The van der Waals surface area contributed by atoms with Crippen molar-refractivity contribution in [3.8, 4) is 0 Å². The lowest BCUT2D eigenvalue weighted by molar-refractivity contribution is -0.133. The Morgan fingerprint density at radius 3 is 3.05 bits per heavy atom. The summed E-state index contributed by atoms with van der Waals surface area (Å²) in [5.74, 6) is 0.198. The molecule has 0 saturated heterocycles. The van der Waals surface area contributed by atoms with Gasteiger partial charge in [0, 0.05) is 17.1 Å². The Kier molecular flexibility index (Phi) is 3.97. The number of anilines is 1. The first-order valence-corrected chi connectivity index (χ1v) is 8.27. The predicted octanol–water partition coefficient (Wildman–Crippen LogP) is 3.41. The molecule has 21 heavy (non-hydrogen) atoms. The number of nitrogen functional groups attached to an aromatic ring is 1. The molecule has 0 fully saturated rings. The summed E-state index contributed by atoms with van der Waals surface area (Å²) >= 11 is 1.81. The first-order chi connectivity index (χ1) is 10.2. The van der Waals surface area contributed by atoms with Crippen molar-refractivity contribution >= 4 is 22.9 Å². The fourth-order valence-electron chi connectivity index (χ4n) is 3.11. The molecule has 1 unspecified atom stereocenters. The fourth-order valence-corrected chi connectivity index (χ4v) is 4.04. The molecule has 0 saturated carbocycles. The molecule has 2 heterocycles. The number of nitrogens with two attached hydrogens (primary N) is 1. The van der Waals surface area contributed by atoms with Crippen LogP contribution < -0.4 is 5.73 Å². The Bertz CT molecular complexity index is 650. The molecule has 3 nitrogen and oxygen atoms in total. The first-order valence-electron chi connectivity index (χ1n) is 7.39. The number of benzene rings is 1. The molecule has 2 N–H and O–H groups in total. The normalized spacial score (nSPS) is 17.6. The first kappa shape index (κ1) is 14.1. The number of rotatable bonds is 3. The highest BCUT2D eigenvalue weighted by Crippen LogP contribution is 2.35. The van der Waals surface area contributed by atoms with E-state index in [2.05, 4.69) is 18.4 Å². The van der Waals surface area contributed by atoms with Gasteiger partial charge in [-0.1, -0.05) is 19.1 Å². The second-order valence-electron chi connectivity index (χ2n) is 5.48. The van der Waals surface area contributed by atoms with E-state index < -0.39 is 0 Å². The second-order valence-corrected chi connectivity index (χ2v) is 6.48. The molecule has 3 rings (SSSR count). The van der Waals surface area contributed by atoms with Gasteiger partial charge < -0.3 is 10.6 Å². The largest absolute Gasteiger partial charge is 0.399 e. The Morgan fingerprint density at radius 1 is 1.43 bits per heavy atom. The SMILES string of the molecule is CCC1c2ccsc2CCN1C(=O)Cc1cccc(N)c1. The van der Waals surface area contributed by atoms with E-state index >= 15 is 0 Å². The third kappa shape index (κ3) is 2.81. The molecular weight excluding hydrogens is 280 g/mol. The van der Waals surface area contributed by atoms with Gasteiger partial charge in [0.1, 0.15) is 0 Å². The van der Waals surface area contributed by atoms with Gasteiger partial charge in [0.05, 0.1) is 12.5 Å². The molecule has 1 atom stereocenters. The molecule has 1 aliphatic rings. The van der Waals surface area contributed by atoms with Crippen molar-refractivity contribution in [1.82, 2.24) is 4.90 Å². The molecule has 1 amide bonds.